The fourth-order valence-electron chi connectivity index (χ4n) is 1.45. The van der Waals surface area contributed by atoms with Crippen LogP contribution in [0.15, 0.2) is 4.99 Å². The van der Waals surface area contributed by atoms with E-state index in [4.69, 9.17) is 0 Å². The molecule has 1 aliphatic heterocycles. The van der Waals surface area contributed by atoms with Crippen LogP contribution in [0.3, 0.4) is 0 Å². The number of aliphatic imine (C=N–C) groups is 1. The summed E-state index contributed by atoms with van der Waals surface area (Å²) in [6.45, 7) is 3.26. The lowest BCUT2D eigenvalue weighted by atomic mass is 10.1. The van der Waals surface area contributed by atoms with Crippen molar-refractivity contribution in [2.24, 2.45) is 4.99 Å². The van der Waals surface area contributed by atoms with Crippen LogP contribution in [0.1, 0.15) is 32.6 Å². The average molecular weight is 154 g/mol. The first-order valence-electron chi connectivity index (χ1n) is 4.56. The van der Waals surface area contributed by atoms with Gasteiger partial charge in [-0.25, -0.2) is 0 Å². The van der Waals surface area contributed by atoms with E-state index in [2.05, 4.69) is 23.9 Å². The number of unbranched alkanes of at least 4 members (excludes halogenated alkanes) is 2. The van der Waals surface area contributed by atoms with Crippen molar-refractivity contribution in [1.29, 1.82) is 0 Å². The van der Waals surface area contributed by atoms with E-state index in [1.54, 1.807) is 0 Å². The van der Waals surface area contributed by atoms with E-state index in [0.29, 0.717) is 6.04 Å². The van der Waals surface area contributed by atoms with Crippen molar-refractivity contribution in [2.75, 3.05) is 13.6 Å². The molecule has 0 amide bonds. The molecule has 1 unspecified atom stereocenters. The minimum Gasteiger partial charge on any atom is -0.361 e. The quantitative estimate of drug-likeness (QED) is 0.565. The second-order valence-electron chi connectivity index (χ2n) is 3.30. The van der Waals surface area contributed by atoms with Crippen LogP contribution in [0.25, 0.3) is 0 Å². The van der Waals surface area contributed by atoms with Gasteiger partial charge in [0.25, 0.3) is 0 Å². The lowest BCUT2D eigenvalue weighted by Gasteiger charge is -2.18. The van der Waals surface area contributed by atoms with Gasteiger partial charge in [-0.3, -0.25) is 4.99 Å². The molecule has 0 spiro atoms. The third kappa shape index (κ3) is 2.52. The molecule has 0 saturated carbocycles. The Morgan fingerprint density at radius 1 is 1.55 bits per heavy atom. The van der Waals surface area contributed by atoms with Gasteiger partial charge in [0.1, 0.15) is 0 Å². The van der Waals surface area contributed by atoms with Crippen molar-refractivity contribution in [2.45, 2.75) is 38.6 Å². The van der Waals surface area contributed by atoms with Crippen LogP contribution in [0.4, 0.5) is 0 Å². The van der Waals surface area contributed by atoms with Gasteiger partial charge in [-0.1, -0.05) is 26.2 Å². The second-order valence-corrected chi connectivity index (χ2v) is 3.30. The first-order valence-corrected chi connectivity index (χ1v) is 4.56. The molecule has 0 fully saturated rings. The summed E-state index contributed by atoms with van der Waals surface area (Å²) in [4.78, 5) is 6.46. The molecule has 2 heteroatoms. The molecule has 1 heterocycles. The molecule has 0 aromatic rings. The molecule has 1 rings (SSSR count). The maximum Gasteiger partial charge on any atom is 0.0851 e. The van der Waals surface area contributed by atoms with Gasteiger partial charge < -0.3 is 4.90 Å². The Hall–Kier alpha value is -0.530. The Balaban J connectivity index is 2.08. The third-order valence-corrected chi connectivity index (χ3v) is 2.30. The highest BCUT2D eigenvalue weighted by Crippen LogP contribution is 2.11. The molecule has 0 aliphatic carbocycles. The normalized spacial score (nSPS) is 23.1. The van der Waals surface area contributed by atoms with Gasteiger partial charge in [0.15, 0.2) is 0 Å². The number of likely N-dealkylation sites (N-methyl/N-ethyl adjacent to an activating group) is 1. The molecule has 2 nitrogen and oxygen atoms in total. The van der Waals surface area contributed by atoms with Gasteiger partial charge in [-0.2, -0.15) is 0 Å². The first kappa shape index (κ1) is 8.57. The van der Waals surface area contributed by atoms with Gasteiger partial charge in [0.2, 0.25) is 0 Å². The molecule has 0 aromatic carbocycles. The Bertz CT molecular complexity index is 132. The molecular weight excluding hydrogens is 136 g/mol. The second kappa shape index (κ2) is 4.37. The van der Waals surface area contributed by atoms with Crippen molar-refractivity contribution in [1.82, 2.24) is 4.90 Å². The summed E-state index contributed by atoms with van der Waals surface area (Å²) >= 11 is 0. The lowest BCUT2D eigenvalue weighted by Crippen LogP contribution is -2.27. The standard InChI is InChI=1S/C9H18N2/c1-3-4-5-6-9-7-10-8-11(9)2/h8-9H,3-7H2,1-2H3. The lowest BCUT2D eigenvalue weighted by molar-refractivity contribution is 0.376. The van der Waals surface area contributed by atoms with Gasteiger partial charge in [0.05, 0.1) is 12.9 Å². The average Bonchev–Trinajstić information content (AvgIpc) is 2.37. The highest BCUT2D eigenvalue weighted by Gasteiger charge is 2.14. The van der Waals surface area contributed by atoms with Crippen molar-refractivity contribution in [3.05, 3.63) is 0 Å². The smallest absolute Gasteiger partial charge is 0.0851 e. The summed E-state index contributed by atoms with van der Waals surface area (Å²) in [5.41, 5.74) is 0. The minimum atomic E-state index is 0.696. The van der Waals surface area contributed by atoms with Crippen molar-refractivity contribution >= 4 is 6.34 Å². The summed E-state index contributed by atoms with van der Waals surface area (Å²) in [6, 6.07) is 0.696. The van der Waals surface area contributed by atoms with E-state index >= 15 is 0 Å². The summed E-state index contributed by atoms with van der Waals surface area (Å²) in [7, 11) is 2.12. The third-order valence-electron chi connectivity index (χ3n) is 2.30. The Morgan fingerprint density at radius 3 is 2.91 bits per heavy atom. The molecule has 1 aliphatic rings. The van der Waals surface area contributed by atoms with Gasteiger partial charge in [-0.05, 0) is 6.42 Å². The van der Waals surface area contributed by atoms with E-state index in [9.17, 15) is 0 Å². The highest BCUT2D eigenvalue weighted by molar-refractivity contribution is 5.57. The van der Waals surface area contributed by atoms with Crippen LogP contribution >= 0.6 is 0 Å². The van der Waals surface area contributed by atoms with Gasteiger partial charge in [0, 0.05) is 13.1 Å². The summed E-state index contributed by atoms with van der Waals surface area (Å²) in [5, 5.41) is 0. The van der Waals surface area contributed by atoms with E-state index < -0.39 is 0 Å². The van der Waals surface area contributed by atoms with Crippen LogP contribution < -0.4 is 0 Å². The fraction of sp³-hybridized carbons (Fsp3) is 0.889. The molecule has 0 N–H and O–H groups in total. The summed E-state index contributed by atoms with van der Waals surface area (Å²) in [6.07, 6.45) is 7.30. The van der Waals surface area contributed by atoms with Crippen molar-refractivity contribution in [3.63, 3.8) is 0 Å². The molecule has 0 saturated heterocycles. The SMILES string of the molecule is CCCCCC1CN=CN1C. The van der Waals surface area contributed by atoms with Crippen molar-refractivity contribution < 1.29 is 0 Å². The molecule has 0 radical (unpaired) electrons. The van der Waals surface area contributed by atoms with E-state index in [-0.39, 0.29) is 0 Å². The first-order chi connectivity index (χ1) is 5.34. The predicted octanol–water partition coefficient (Wildman–Crippen LogP) is 1.91. The monoisotopic (exact) mass is 154 g/mol. The maximum absolute atomic E-state index is 4.23. The van der Waals surface area contributed by atoms with Gasteiger partial charge >= 0.3 is 0 Å². The minimum absolute atomic E-state index is 0.696. The van der Waals surface area contributed by atoms with Crippen molar-refractivity contribution in [3.8, 4) is 0 Å². The zero-order valence-corrected chi connectivity index (χ0v) is 7.58. The number of rotatable bonds is 4. The fourth-order valence-corrected chi connectivity index (χ4v) is 1.45. The van der Waals surface area contributed by atoms with Crippen LogP contribution in [0.5, 0.6) is 0 Å². The molecular formula is C9H18N2. The predicted molar refractivity (Wildman–Crippen MR) is 49.1 cm³/mol. The van der Waals surface area contributed by atoms with Crippen LogP contribution in [0, 0.1) is 0 Å². The Kier molecular flexibility index (Phi) is 3.40. The Labute approximate surface area is 69.3 Å². The van der Waals surface area contributed by atoms with E-state index in [0.717, 1.165) is 6.54 Å². The maximum atomic E-state index is 4.23. The van der Waals surface area contributed by atoms with Gasteiger partial charge in [-0.15, -0.1) is 0 Å². The summed E-state index contributed by atoms with van der Waals surface area (Å²) in [5.74, 6) is 0. The highest BCUT2D eigenvalue weighted by atomic mass is 15.2. The zero-order chi connectivity index (χ0) is 8.10. The van der Waals surface area contributed by atoms with Crippen LogP contribution in [-0.2, 0) is 0 Å². The van der Waals surface area contributed by atoms with Crippen LogP contribution in [-0.4, -0.2) is 30.9 Å². The topological polar surface area (TPSA) is 15.6 Å². The molecule has 0 bridgehead atoms. The molecule has 11 heavy (non-hydrogen) atoms. The number of hydrogen-bond donors (Lipinski definition) is 0. The number of hydrogen-bond acceptors (Lipinski definition) is 2. The molecule has 64 valence electrons. The van der Waals surface area contributed by atoms with Crippen LogP contribution in [0.2, 0.25) is 0 Å². The molecule has 0 aromatic heterocycles. The zero-order valence-electron chi connectivity index (χ0n) is 7.58. The van der Waals surface area contributed by atoms with E-state index in [1.807, 2.05) is 6.34 Å². The largest absolute Gasteiger partial charge is 0.361 e. The molecule has 1 atom stereocenters. The Morgan fingerprint density at radius 2 is 2.36 bits per heavy atom. The van der Waals surface area contributed by atoms with E-state index in [1.165, 1.54) is 25.7 Å². The summed E-state index contributed by atoms with van der Waals surface area (Å²) < 4.78 is 0. The number of nitrogens with zero attached hydrogens (tertiary/aromatic N) is 2.